The van der Waals surface area contributed by atoms with E-state index in [1.807, 2.05) is 12.1 Å². The SMILES string of the molecule is CS(=O)(=O)N1C[C@@H]2CC(O)(c3cc(Cl)cc4c3CN=C4)C[C@@H]2C1. The van der Waals surface area contributed by atoms with Crippen LogP contribution in [0.4, 0.5) is 0 Å². The van der Waals surface area contributed by atoms with E-state index in [4.69, 9.17) is 11.6 Å². The lowest BCUT2D eigenvalue weighted by Crippen LogP contribution is -2.32. The van der Waals surface area contributed by atoms with E-state index in [-0.39, 0.29) is 11.8 Å². The minimum absolute atomic E-state index is 0.201. The molecule has 1 N–H and O–H groups in total. The van der Waals surface area contributed by atoms with Crippen molar-refractivity contribution in [2.75, 3.05) is 19.3 Å². The molecule has 23 heavy (non-hydrogen) atoms. The highest BCUT2D eigenvalue weighted by Gasteiger charge is 2.51. The van der Waals surface area contributed by atoms with Crippen molar-refractivity contribution in [3.05, 3.63) is 33.8 Å². The number of fused-ring (bicyclic) bond motifs is 2. The van der Waals surface area contributed by atoms with Gasteiger partial charge in [-0.05, 0) is 53.5 Å². The zero-order chi connectivity index (χ0) is 16.4. The molecule has 0 radical (unpaired) electrons. The fraction of sp³-hybridized carbons (Fsp3) is 0.562. The Morgan fingerprint density at radius 1 is 1.30 bits per heavy atom. The third kappa shape index (κ3) is 2.52. The first-order chi connectivity index (χ1) is 10.8. The highest BCUT2D eigenvalue weighted by molar-refractivity contribution is 7.88. The van der Waals surface area contributed by atoms with E-state index in [2.05, 4.69) is 4.99 Å². The Bertz CT molecular complexity index is 792. The molecule has 3 atom stereocenters. The van der Waals surface area contributed by atoms with Crippen LogP contribution in [0.3, 0.4) is 0 Å². The van der Waals surface area contributed by atoms with Gasteiger partial charge in [-0.15, -0.1) is 0 Å². The van der Waals surface area contributed by atoms with Crippen LogP contribution < -0.4 is 0 Å². The Kier molecular flexibility index (Phi) is 3.40. The van der Waals surface area contributed by atoms with Gasteiger partial charge in [-0.25, -0.2) is 12.7 Å². The number of hydrogen-bond donors (Lipinski definition) is 1. The fourth-order valence-corrected chi connectivity index (χ4v) is 5.55. The molecule has 1 saturated heterocycles. The van der Waals surface area contributed by atoms with Crippen molar-refractivity contribution >= 4 is 27.8 Å². The van der Waals surface area contributed by atoms with Gasteiger partial charge in [0.1, 0.15) is 0 Å². The van der Waals surface area contributed by atoms with Crippen LogP contribution in [-0.2, 0) is 22.2 Å². The summed E-state index contributed by atoms with van der Waals surface area (Å²) in [5, 5.41) is 11.9. The molecule has 5 nitrogen and oxygen atoms in total. The van der Waals surface area contributed by atoms with Crippen LogP contribution in [0.25, 0.3) is 0 Å². The molecule has 124 valence electrons. The number of benzene rings is 1. The van der Waals surface area contributed by atoms with E-state index in [1.165, 1.54) is 10.6 Å². The maximum Gasteiger partial charge on any atom is 0.211 e. The molecule has 0 amide bonds. The Labute approximate surface area is 141 Å². The van der Waals surface area contributed by atoms with Crippen molar-refractivity contribution in [3.63, 3.8) is 0 Å². The monoisotopic (exact) mass is 354 g/mol. The average Bonchev–Trinajstić information content (AvgIpc) is 3.09. The minimum atomic E-state index is -3.15. The predicted octanol–water partition coefficient (Wildman–Crippen LogP) is 1.76. The summed E-state index contributed by atoms with van der Waals surface area (Å²) in [6, 6.07) is 3.73. The van der Waals surface area contributed by atoms with E-state index in [0.29, 0.717) is 37.5 Å². The summed E-state index contributed by atoms with van der Waals surface area (Å²) >= 11 is 6.21. The molecule has 2 fully saturated rings. The van der Waals surface area contributed by atoms with Gasteiger partial charge in [0.25, 0.3) is 0 Å². The largest absolute Gasteiger partial charge is 0.385 e. The van der Waals surface area contributed by atoms with Crippen LogP contribution in [0.5, 0.6) is 0 Å². The summed E-state index contributed by atoms with van der Waals surface area (Å²) in [5.74, 6) is 0.401. The lowest BCUT2D eigenvalue weighted by atomic mass is 9.85. The molecule has 1 aromatic carbocycles. The molecule has 1 saturated carbocycles. The number of hydrogen-bond acceptors (Lipinski definition) is 4. The maximum absolute atomic E-state index is 11.7. The molecule has 2 aliphatic heterocycles. The minimum Gasteiger partial charge on any atom is -0.385 e. The summed E-state index contributed by atoms with van der Waals surface area (Å²) in [5.41, 5.74) is 1.98. The first-order valence-corrected chi connectivity index (χ1v) is 9.99. The smallest absolute Gasteiger partial charge is 0.211 e. The van der Waals surface area contributed by atoms with Gasteiger partial charge >= 0.3 is 0 Å². The van der Waals surface area contributed by atoms with Gasteiger partial charge in [-0.2, -0.15) is 0 Å². The van der Waals surface area contributed by atoms with Gasteiger partial charge in [0.15, 0.2) is 0 Å². The predicted molar refractivity (Wildman–Crippen MR) is 89.3 cm³/mol. The second-order valence-electron chi connectivity index (χ2n) is 7.03. The first kappa shape index (κ1) is 15.6. The van der Waals surface area contributed by atoms with Gasteiger partial charge in [-0.3, -0.25) is 4.99 Å². The quantitative estimate of drug-likeness (QED) is 0.879. The molecule has 1 aromatic rings. The fourth-order valence-electron chi connectivity index (χ4n) is 4.40. The third-order valence-corrected chi connectivity index (χ3v) is 6.90. The maximum atomic E-state index is 11.7. The molecule has 1 aliphatic carbocycles. The zero-order valence-corrected chi connectivity index (χ0v) is 14.4. The van der Waals surface area contributed by atoms with Crippen LogP contribution in [0.1, 0.15) is 29.5 Å². The van der Waals surface area contributed by atoms with E-state index in [9.17, 15) is 13.5 Å². The van der Waals surface area contributed by atoms with Crippen molar-refractivity contribution in [2.24, 2.45) is 16.8 Å². The number of aliphatic hydroxyl groups is 1. The van der Waals surface area contributed by atoms with Crippen molar-refractivity contribution < 1.29 is 13.5 Å². The third-order valence-electron chi connectivity index (χ3n) is 5.44. The van der Waals surface area contributed by atoms with Gasteiger partial charge in [0.05, 0.1) is 18.4 Å². The number of rotatable bonds is 2. The topological polar surface area (TPSA) is 70.0 Å². The molecule has 3 aliphatic rings. The van der Waals surface area contributed by atoms with E-state index >= 15 is 0 Å². The lowest BCUT2D eigenvalue weighted by Gasteiger charge is -2.28. The number of aliphatic imine (C=N–C) groups is 1. The van der Waals surface area contributed by atoms with Crippen LogP contribution in [0, 0.1) is 11.8 Å². The van der Waals surface area contributed by atoms with Gasteiger partial charge < -0.3 is 5.11 Å². The van der Waals surface area contributed by atoms with E-state index in [0.717, 1.165) is 16.7 Å². The Morgan fingerprint density at radius 2 is 1.96 bits per heavy atom. The second-order valence-corrected chi connectivity index (χ2v) is 9.45. The lowest BCUT2D eigenvalue weighted by molar-refractivity contribution is 0.0330. The Morgan fingerprint density at radius 3 is 2.57 bits per heavy atom. The normalized spacial score (nSPS) is 33.2. The Hall–Kier alpha value is -0.950. The summed E-state index contributed by atoms with van der Waals surface area (Å²) in [4.78, 5) is 4.29. The summed E-state index contributed by atoms with van der Waals surface area (Å²) in [6.07, 6.45) is 4.21. The number of halogens is 1. The van der Waals surface area contributed by atoms with Crippen molar-refractivity contribution in [1.29, 1.82) is 0 Å². The highest BCUT2D eigenvalue weighted by atomic mass is 35.5. The number of sulfonamides is 1. The van der Waals surface area contributed by atoms with Crippen LogP contribution in [0.15, 0.2) is 17.1 Å². The van der Waals surface area contributed by atoms with Crippen LogP contribution in [0.2, 0.25) is 5.02 Å². The number of nitrogens with zero attached hydrogens (tertiary/aromatic N) is 2. The van der Waals surface area contributed by atoms with Crippen molar-refractivity contribution in [2.45, 2.75) is 25.0 Å². The second kappa shape index (κ2) is 5.02. The van der Waals surface area contributed by atoms with Gasteiger partial charge in [-0.1, -0.05) is 11.6 Å². The molecule has 7 heteroatoms. The summed E-state index contributed by atoms with van der Waals surface area (Å²) in [7, 11) is -3.15. The molecule has 4 rings (SSSR count). The average molecular weight is 355 g/mol. The van der Waals surface area contributed by atoms with Crippen molar-refractivity contribution in [1.82, 2.24) is 4.31 Å². The van der Waals surface area contributed by atoms with Crippen LogP contribution >= 0.6 is 11.6 Å². The standard InChI is InChI=1S/C16H19ClN2O3S/c1-23(21,22)19-8-11-4-16(20,5-12(11)9-19)15-3-13(17)2-10-6-18-7-14(10)15/h2-3,6,11-12,20H,4-5,7-9H2,1H3/t11-,12+,16?. The molecular formula is C16H19ClN2O3S. The van der Waals surface area contributed by atoms with Crippen LogP contribution in [-0.4, -0.2) is 43.4 Å². The van der Waals surface area contributed by atoms with Gasteiger partial charge in [0, 0.05) is 24.3 Å². The summed E-state index contributed by atoms with van der Waals surface area (Å²) in [6.45, 7) is 1.59. The molecule has 0 bridgehead atoms. The zero-order valence-electron chi connectivity index (χ0n) is 12.9. The first-order valence-electron chi connectivity index (χ1n) is 7.76. The van der Waals surface area contributed by atoms with E-state index in [1.54, 1.807) is 6.21 Å². The van der Waals surface area contributed by atoms with Gasteiger partial charge in [0.2, 0.25) is 10.0 Å². The van der Waals surface area contributed by atoms with Crippen molar-refractivity contribution in [3.8, 4) is 0 Å². The summed E-state index contributed by atoms with van der Waals surface area (Å²) < 4.78 is 25.0. The molecule has 2 heterocycles. The molecule has 0 spiro atoms. The molecule has 1 unspecified atom stereocenters. The molecule has 0 aromatic heterocycles. The van der Waals surface area contributed by atoms with E-state index < -0.39 is 15.6 Å². The Balaban J connectivity index is 1.64. The highest BCUT2D eigenvalue weighted by Crippen LogP contribution is 2.51. The molecular weight excluding hydrogens is 336 g/mol.